The number of nitrogens with one attached hydrogen (secondary N) is 2. The molecule has 0 saturated carbocycles. The van der Waals surface area contributed by atoms with Gasteiger partial charge in [-0.3, -0.25) is 14.4 Å². The molecule has 0 atom stereocenters. The van der Waals surface area contributed by atoms with E-state index in [0.717, 1.165) is 30.0 Å². The summed E-state index contributed by atoms with van der Waals surface area (Å²) in [6.45, 7) is 0.721. The molecule has 9 heteroatoms. The molecule has 3 amide bonds. The summed E-state index contributed by atoms with van der Waals surface area (Å²) < 4.78 is 0. The van der Waals surface area contributed by atoms with Crippen LogP contribution in [0.2, 0.25) is 10.0 Å². The van der Waals surface area contributed by atoms with Gasteiger partial charge in [-0.25, -0.2) is 0 Å². The van der Waals surface area contributed by atoms with Crippen LogP contribution in [0.15, 0.2) is 108 Å². The Bertz CT molecular complexity index is 1640. The quantitative estimate of drug-likeness (QED) is 0.159. The molecular formula is C33H27Cl2N3O3S. The molecule has 0 bridgehead atoms. The molecule has 1 aliphatic heterocycles. The summed E-state index contributed by atoms with van der Waals surface area (Å²) >= 11 is 14.0. The van der Waals surface area contributed by atoms with E-state index < -0.39 is 11.8 Å². The average Bonchev–Trinajstić information content (AvgIpc) is 3.02. The van der Waals surface area contributed by atoms with Gasteiger partial charge in [0.25, 0.3) is 11.8 Å². The smallest absolute Gasteiger partial charge is 0.272 e. The summed E-state index contributed by atoms with van der Waals surface area (Å²) in [5.74, 6) is -0.607. The Morgan fingerprint density at radius 3 is 2.38 bits per heavy atom. The number of halogens is 2. The van der Waals surface area contributed by atoms with Gasteiger partial charge in [0, 0.05) is 28.4 Å². The van der Waals surface area contributed by atoms with Gasteiger partial charge >= 0.3 is 0 Å². The van der Waals surface area contributed by atoms with Gasteiger partial charge in [0.1, 0.15) is 5.70 Å². The normalized spacial score (nSPS) is 12.8. The number of para-hydroxylation sites is 1. The molecule has 42 heavy (non-hydrogen) atoms. The second-order valence-electron chi connectivity index (χ2n) is 9.57. The van der Waals surface area contributed by atoms with Crippen LogP contribution in [0.1, 0.15) is 27.9 Å². The lowest BCUT2D eigenvalue weighted by Gasteiger charge is -2.29. The molecule has 1 heterocycles. The Hall–Kier alpha value is -4.04. The maximum absolute atomic E-state index is 13.3. The molecule has 0 saturated heterocycles. The van der Waals surface area contributed by atoms with Crippen molar-refractivity contribution in [3.63, 3.8) is 0 Å². The molecular weight excluding hydrogens is 589 g/mol. The number of fused-ring (bicyclic) bond motifs is 1. The van der Waals surface area contributed by atoms with Gasteiger partial charge in [0.2, 0.25) is 5.91 Å². The van der Waals surface area contributed by atoms with E-state index in [4.69, 9.17) is 23.2 Å². The minimum atomic E-state index is -0.533. The zero-order valence-electron chi connectivity index (χ0n) is 22.5. The van der Waals surface area contributed by atoms with Crippen LogP contribution in [0, 0.1) is 0 Å². The Morgan fingerprint density at radius 1 is 0.857 bits per heavy atom. The van der Waals surface area contributed by atoms with Crippen LogP contribution in [-0.2, 0) is 16.0 Å². The van der Waals surface area contributed by atoms with Gasteiger partial charge in [-0.15, -0.1) is 11.8 Å². The fourth-order valence-electron chi connectivity index (χ4n) is 4.58. The molecule has 0 radical (unpaired) electrons. The fourth-order valence-corrected chi connectivity index (χ4v) is 5.72. The summed E-state index contributed by atoms with van der Waals surface area (Å²) in [4.78, 5) is 42.0. The second-order valence-corrected chi connectivity index (χ2v) is 11.4. The largest absolute Gasteiger partial charge is 0.321 e. The molecule has 6 nitrogen and oxygen atoms in total. The first kappa shape index (κ1) is 29.5. The Kier molecular flexibility index (Phi) is 9.64. The van der Waals surface area contributed by atoms with Gasteiger partial charge in [-0.05, 0) is 78.6 Å². The first-order chi connectivity index (χ1) is 20.4. The van der Waals surface area contributed by atoms with E-state index in [9.17, 15) is 14.4 Å². The Balaban J connectivity index is 1.26. The zero-order valence-corrected chi connectivity index (χ0v) is 24.8. The van der Waals surface area contributed by atoms with Gasteiger partial charge in [0.15, 0.2) is 0 Å². The van der Waals surface area contributed by atoms with Gasteiger partial charge in [0.05, 0.1) is 15.8 Å². The molecule has 2 N–H and O–H groups in total. The van der Waals surface area contributed by atoms with Crippen molar-refractivity contribution in [2.75, 3.05) is 22.5 Å². The molecule has 0 fully saturated rings. The summed E-state index contributed by atoms with van der Waals surface area (Å²) in [6, 6.07) is 28.9. The van der Waals surface area contributed by atoms with Gasteiger partial charge < -0.3 is 15.5 Å². The first-order valence-electron chi connectivity index (χ1n) is 13.3. The summed E-state index contributed by atoms with van der Waals surface area (Å²) in [7, 11) is 0. The topological polar surface area (TPSA) is 78.5 Å². The molecule has 212 valence electrons. The molecule has 0 spiro atoms. The number of hydrogen-bond acceptors (Lipinski definition) is 4. The van der Waals surface area contributed by atoms with Gasteiger partial charge in [-0.2, -0.15) is 0 Å². The zero-order chi connectivity index (χ0) is 29.5. The molecule has 1 aliphatic rings. The van der Waals surface area contributed by atoms with Crippen molar-refractivity contribution >= 4 is 70.1 Å². The maximum atomic E-state index is 13.3. The minimum Gasteiger partial charge on any atom is -0.321 e. The predicted octanol–water partition coefficient (Wildman–Crippen LogP) is 7.47. The number of amides is 3. The number of carbonyl (C=O) groups is 3. The number of aryl methyl sites for hydroxylation is 1. The summed E-state index contributed by atoms with van der Waals surface area (Å²) in [6.07, 6.45) is 3.42. The third kappa shape index (κ3) is 7.23. The molecule has 0 aromatic heterocycles. The SMILES string of the molecule is O=C(Nc1ccc(SCC(=O)N2CCCc3ccccc32)cc1)/C(=C/c1cccc(Cl)c1Cl)NC(=O)c1ccccc1. The molecule has 0 aliphatic carbocycles. The predicted molar refractivity (Wildman–Crippen MR) is 171 cm³/mol. The summed E-state index contributed by atoms with van der Waals surface area (Å²) in [5.41, 5.74) is 3.60. The first-order valence-corrected chi connectivity index (χ1v) is 15.1. The molecule has 4 aromatic carbocycles. The van der Waals surface area contributed by atoms with Crippen molar-refractivity contribution in [3.05, 3.63) is 129 Å². The highest BCUT2D eigenvalue weighted by atomic mass is 35.5. The highest BCUT2D eigenvalue weighted by molar-refractivity contribution is 8.00. The van der Waals surface area contributed by atoms with E-state index in [1.54, 1.807) is 60.7 Å². The highest BCUT2D eigenvalue weighted by Gasteiger charge is 2.22. The van der Waals surface area contributed by atoms with E-state index in [0.29, 0.717) is 27.6 Å². The molecule has 0 unspecified atom stereocenters. The Labute approximate surface area is 258 Å². The lowest BCUT2D eigenvalue weighted by atomic mass is 10.0. The number of carbonyl (C=O) groups excluding carboxylic acids is 3. The van der Waals surface area contributed by atoms with Crippen LogP contribution in [0.4, 0.5) is 11.4 Å². The minimum absolute atomic E-state index is 0.00104. The lowest BCUT2D eigenvalue weighted by molar-refractivity contribution is -0.116. The number of anilines is 2. The van der Waals surface area contributed by atoms with Crippen molar-refractivity contribution in [3.8, 4) is 0 Å². The van der Waals surface area contributed by atoms with E-state index >= 15 is 0 Å². The highest BCUT2D eigenvalue weighted by Crippen LogP contribution is 2.29. The summed E-state index contributed by atoms with van der Waals surface area (Å²) in [5, 5.41) is 6.11. The van der Waals surface area contributed by atoms with E-state index in [1.165, 1.54) is 23.4 Å². The van der Waals surface area contributed by atoms with Crippen LogP contribution in [-0.4, -0.2) is 30.0 Å². The second kappa shape index (κ2) is 13.7. The van der Waals surface area contributed by atoms with Crippen molar-refractivity contribution in [1.82, 2.24) is 5.32 Å². The van der Waals surface area contributed by atoms with Crippen molar-refractivity contribution in [2.24, 2.45) is 0 Å². The fraction of sp³-hybridized carbons (Fsp3) is 0.121. The third-order valence-corrected chi connectivity index (χ3v) is 8.53. The van der Waals surface area contributed by atoms with Crippen molar-refractivity contribution in [1.29, 1.82) is 0 Å². The molecule has 5 rings (SSSR count). The molecule has 4 aromatic rings. The van der Waals surface area contributed by atoms with Crippen LogP contribution in [0.3, 0.4) is 0 Å². The van der Waals surface area contributed by atoms with Crippen LogP contribution >= 0.6 is 35.0 Å². The van der Waals surface area contributed by atoms with Crippen LogP contribution < -0.4 is 15.5 Å². The van der Waals surface area contributed by atoms with Crippen molar-refractivity contribution in [2.45, 2.75) is 17.7 Å². The number of thioether (sulfide) groups is 1. The number of rotatable bonds is 8. The van der Waals surface area contributed by atoms with E-state index in [1.807, 2.05) is 35.2 Å². The van der Waals surface area contributed by atoms with E-state index in [2.05, 4.69) is 16.7 Å². The van der Waals surface area contributed by atoms with Gasteiger partial charge in [-0.1, -0.05) is 71.7 Å². The third-order valence-electron chi connectivity index (χ3n) is 6.70. The lowest BCUT2D eigenvalue weighted by Crippen LogP contribution is -2.36. The average molecular weight is 617 g/mol. The number of benzene rings is 4. The van der Waals surface area contributed by atoms with Crippen LogP contribution in [0.25, 0.3) is 6.08 Å². The Morgan fingerprint density at radius 2 is 1.60 bits per heavy atom. The number of hydrogen-bond donors (Lipinski definition) is 2. The van der Waals surface area contributed by atoms with E-state index in [-0.39, 0.29) is 16.6 Å². The van der Waals surface area contributed by atoms with Crippen LogP contribution in [0.5, 0.6) is 0 Å². The maximum Gasteiger partial charge on any atom is 0.272 e. The van der Waals surface area contributed by atoms with Crippen molar-refractivity contribution < 1.29 is 14.4 Å². The standard InChI is InChI=1S/C33H27Cl2N3O3S/c34-27-13-6-11-24(31(27)35)20-28(37-32(40)23-9-2-1-3-10-23)33(41)36-25-15-17-26(18-16-25)42-21-30(39)38-19-7-12-22-8-4-5-14-29(22)38/h1-6,8-11,13-18,20H,7,12,19,21H2,(H,36,41)(H,37,40)/b28-20-. The monoisotopic (exact) mass is 615 g/mol. The number of nitrogens with zero attached hydrogens (tertiary/aromatic N) is 1.